The van der Waals surface area contributed by atoms with Crippen LogP contribution < -0.4 is 5.32 Å². The highest BCUT2D eigenvalue weighted by atomic mass is 16.2. The molecular weight excluding hydrogens is 336 g/mol. The molecule has 2 unspecified atom stereocenters. The SMILES string of the molecule is Cc1ccc(C(=O)c2ccccc2C(=O)N2C3CCNCC2CC3)cc1C. The van der Waals surface area contributed by atoms with E-state index in [0.717, 1.165) is 43.5 Å². The molecule has 0 aliphatic carbocycles. The van der Waals surface area contributed by atoms with Crippen molar-refractivity contribution in [2.24, 2.45) is 0 Å². The summed E-state index contributed by atoms with van der Waals surface area (Å²) >= 11 is 0. The van der Waals surface area contributed by atoms with Crippen LogP contribution in [0.1, 0.15) is 56.7 Å². The molecule has 2 bridgehead atoms. The Bertz CT molecular complexity index is 876. The molecule has 2 aromatic carbocycles. The second kappa shape index (κ2) is 7.28. The summed E-state index contributed by atoms with van der Waals surface area (Å²) in [6, 6.07) is 13.5. The second-order valence-electron chi connectivity index (χ2n) is 7.76. The Morgan fingerprint density at radius 1 is 0.926 bits per heavy atom. The number of hydrogen-bond acceptors (Lipinski definition) is 3. The Kier molecular flexibility index (Phi) is 4.83. The Morgan fingerprint density at radius 3 is 2.44 bits per heavy atom. The number of rotatable bonds is 3. The summed E-state index contributed by atoms with van der Waals surface area (Å²) in [6.45, 7) is 5.83. The lowest BCUT2D eigenvalue weighted by Gasteiger charge is -2.28. The molecule has 2 heterocycles. The fourth-order valence-electron chi connectivity index (χ4n) is 4.36. The van der Waals surface area contributed by atoms with Crippen molar-refractivity contribution in [1.82, 2.24) is 10.2 Å². The van der Waals surface area contributed by atoms with Gasteiger partial charge in [0, 0.05) is 29.8 Å². The van der Waals surface area contributed by atoms with Gasteiger partial charge in [-0.15, -0.1) is 0 Å². The Morgan fingerprint density at radius 2 is 1.67 bits per heavy atom. The highest BCUT2D eigenvalue weighted by molar-refractivity contribution is 6.15. The first kappa shape index (κ1) is 17.9. The van der Waals surface area contributed by atoms with Gasteiger partial charge < -0.3 is 10.2 Å². The van der Waals surface area contributed by atoms with Crippen LogP contribution in [-0.4, -0.2) is 41.8 Å². The lowest BCUT2D eigenvalue weighted by Crippen LogP contribution is -2.43. The molecule has 1 N–H and O–H groups in total. The number of ketones is 1. The van der Waals surface area contributed by atoms with Crippen LogP contribution >= 0.6 is 0 Å². The fraction of sp³-hybridized carbons (Fsp3) is 0.391. The van der Waals surface area contributed by atoms with E-state index in [4.69, 9.17) is 0 Å². The van der Waals surface area contributed by atoms with E-state index in [1.807, 2.05) is 49.1 Å². The number of hydrogen-bond donors (Lipinski definition) is 1. The zero-order valence-electron chi connectivity index (χ0n) is 16.0. The van der Waals surface area contributed by atoms with Gasteiger partial charge in [0.25, 0.3) is 5.91 Å². The standard InChI is InChI=1S/C23H26N2O2/c1-15-7-8-17(13-16(15)2)22(26)20-5-3-4-6-21(20)23(27)25-18-9-10-19(25)14-24-12-11-18/h3-8,13,18-19,24H,9-12,14H2,1-2H3. The van der Waals surface area contributed by atoms with Gasteiger partial charge in [-0.2, -0.15) is 0 Å². The number of benzene rings is 2. The summed E-state index contributed by atoms with van der Waals surface area (Å²) in [5.41, 5.74) is 3.91. The average molecular weight is 362 g/mol. The van der Waals surface area contributed by atoms with Crippen LogP contribution in [0.5, 0.6) is 0 Å². The van der Waals surface area contributed by atoms with E-state index in [0.29, 0.717) is 16.7 Å². The summed E-state index contributed by atoms with van der Waals surface area (Å²) in [4.78, 5) is 28.7. The lowest BCUT2D eigenvalue weighted by atomic mass is 9.95. The van der Waals surface area contributed by atoms with E-state index in [1.54, 1.807) is 12.1 Å². The summed E-state index contributed by atoms with van der Waals surface area (Å²) in [6.07, 6.45) is 3.08. The summed E-state index contributed by atoms with van der Waals surface area (Å²) in [5.74, 6) is -0.0821. The Balaban J connectivity index is 1.69. The lowest BCUT2D eigenvalue weighted by molar-refractivity contribution is 0.0676. The highest BCUT2D eigenvalue weighted by Crippen LogP contribution is 2.30. The highest BCUT2D eigenvalue weighted by Gasteiger charge is 2.39. The van der Waals surface area contributed by atoms with E-state index in [9.17, 15) is 9.59 Å². The molecule has 0 radical (unpaired) electrons. The number of nitrogens with one attached hydrogen (secondary N) is 1. The van der Waals surface area contributed by atoms with E-state index in [-0.39, 0.29) is 23.8 Å². The molecule has 2 atom stereocenters. The van der Waals surface area contributed by atoms with Gasteiger partial charge in [-0.25, -0.2) is 0 Å². The first-order valence-electron chi connectivity index (χ1n) is 9.80. The van der Waals surface area contributed by atoms with Crippen molar-refractivity contribution in [3.63, 3.8) is 0 Å². The molecule has 0 saturated carbocycles. The monoisotopic (exact) mass is 362 g/mol. The molecule has 2 aliphatic heterocycles. The zero-order chi connectivity index (χ0) is 19.0. The maximum absolute atomic E-state index is 13.4. The van der Waals surface area contributed by atoms with Crippen molar-refractivity contribution >= 4 is 11.7 Å². The normalized spacial score (nSPS) is 21.8. The van der Waals surface area contributed by atoms with Crippen LogP contribution in [0, 0.1) is 13.8 Å². The van der Waals surface area contributed by atoms with Gasteiger partial charge in [-0.1, -0.05) is 30.3 Å². The number of fused-ring (bicyclic) bond motifs is 2. The molecule has 0 spiro atoms. The van der Waals surface area contributed by atoms with Crippen molar-refractivity contribution < 1.29 is 9.59 Å². The second-order valence-corrected chi connectivity index (χ2v) is 7.76. The molecule has 4 heteroatoms. The molecule has 2 aromatic rings. The zero-order valence-corrected chi connectivity index (χ0v) is 16.0. The van der Waals surface area contributed by atoms with Crippen LogP contribution in [0.2, 0.25) is 0 Å². The van der Waals surface area contributed by atoms with Crippen molar-refractivity contribution in [3.05, 3.63) is 70.3 Å². The quantitative estimate of drug-likeness (QED) is 0.850. The maximum atomic E-state index is 13.4. The summed E-state index contributed by atoms with van der Waals surface area (Å²) in [7, 11) is 0. The van der Waals surface area contributed by atoms with Crippen LogP contribution in [0.3, 0.4) is 0 Å². The van der Waals surface area contributed by atoms with Crippen LogP contribution in [0.15, 0.2) is 42.5 Å². The van der Waals surface area contributed by atoms with Gasteiger partial charge in [-0.05, 0) is 62.9 Å². The molecule has 140 valence electrons. The third-order valence-corrected chi connectivity index (χ3v) is 6.06. The number of carbonyl (C=O) groups excluding carboxylic acids is 2. The van der Waals surface area contributed by atoms with Crippen molar-refractivity contribution in [2.45, 2.75) is 45.2 Å². The third-order valence-electron chi connectivity index (χ3n) is 6.06. The number of amides is 1. The number of nitrogens with zero attached hydrogens (tertiary/aromatic N) is 1. The minimum absolute atomic E-state index is 0.000941. The number of aryl methyl sites for hydroxylation is 2. The Hall–Kier alpha value is -2.46. The van der Waals surface area contributed by atoms with Gasteiger partial charge in [0.1, 0.15) is 0 Å². The van der Waals surface area contributed by atoms with E-state index in [1.165, 1.54) is 0 Å². The predicted octanol–water partition coefficient (Wildman–Crippen LogP) is 3.50. The summed E-state index contributed by atoms with van der Waals surface area (Å²) in [5, 5.41) is 3.43. The molecule has 0 aromatic heterocycles. The van der Waals surface area contributed by atoms with Gasteiger partial charge in [0.05, 0.1) is 5.56 Å². The molecule has 4 rings (SSSR count). The fourth-order valence-corrected chi connectivity index (χ4v) is 4.36. The van der Waals surface area contributed by atoms with Crippen molar-refractivity contribution in [2.75, 3.05) is 13.1 Å². The maximum Gasteiger partial charge on any atom is 0.255 e. The molecule has 4 nitrogen and oxygen atoms in total. The van der Waals surface area contributed by atoms with Crippen LogP contribution in [0.25, 0.3) is 0 Å². The minimum atomic E-state index is -0.0812. The van der Waals surface area contributed by atoms with Gasteiger partial charge in [0.15, 0.2) is 5.78 Å². The molecule has 2 fully saturated rings. The van der Waals surface area contributed by atoms with E-state index in [2.05, 4.69) is 5.32 Å². The minimum Gasteiger partial charge on any atom is -0.331 e. The smallest absolute Gasteiger partial charge is 0.255 e. The third kappa shape index (κ3) is 3.30. The van der Waals surface area contributed by atoms with Crippen molar-refractivity contribution in [3.8, 4) is 0 Å². The van der Waals surface area contributed by atoms with Crippen molar-refractivity contribution in [1.29, 1.82) is 0 Å². The first-order chi connectivity index (χ1) is 13.1. The molecule has 2 saturated heterocycles. The van der Waals surface area contributed by atoms with Gasteiger partial charge >= 0.3 is 0 Å². The van der Waals surface area contributed by atoms with E-state index >= 15 is 0 Å². The van der Waals surface area contributed by atoms with Crippen LogP contribution in [0.4, 0.5) is 0 Å². The van der Waals surface area contributed by atoms with E-state index < -0.39 is 0 Å². The molecule has 27 heavy (non-hydrogen) atoms. The Labute approximate surface area is 160 Å². The van der Waals surface area contributed by atoms with Gasteiger partial charge in [0.2, 0.25) is 0 Å². The summed E-state index contributed by atoms with van der Waals surface area (Å²) < 4.78 is 0. The topological polar surface area (TPSA) is 49.4 Å². The van der Waals surface area contributed by atoms with Crippen LogP contribution in [-0.2, 0) is 0 Å². The number of carbonyl (C=O) groups is 2. The molecular formula is C23H26N2O2. The average Bonchev–Trinajstić information content (AvgIpc) is 2.95. The van der Waals surface area contributed by atoms with Gasteiger partial charge in [-0.3, -0.25) is 9.59 Å². The molecule has 1 amide bonds. The largest absolute Gasteiger partial charge is 0.331 e. The first-order valence-corrected chi connectivity index (χ1v) is 9.80. The molecule has 2 aliphatic rings. The predicted molar refractivity (Wildman–Crippen MR) is 106 cm³/mol.